The Morgan fingerprint density at radius 3 is 2.32 bits per heavy atom. The number of carboxylic acid groups (broad SMARTS) is 1. The Morgan fingerprint density at radius 2 is 1.74 bits per heavy atom. The van der Waals surface area contributed by atoms with Crippen LogP contribution in [0.25, 0.3) is 0 Å². The molecule has 1 N–H and O–H groups in total. The fourth-order valence-electron chi connectivity index (χ4n) is 5.06. The number of carbonyl (C=O) groups excluding carboxylic acids is 2. The van der Waals surface area contributed by atoms with Gasteiger partial charge in [0.25, 0.3) is 11.8 Å². The van der Waals surface area contributed by atoms with Crippen molar-refractivity contribution in [3.63, 3.8) is 0 Å². The molecule has 1 aliphatic heterocycles. The Labute approximate surface area is 197 Å². The predicted octanol–water partition coefficient (Wildman–Crippen LogP) is 3.17. The van der Waals surface area contributed by atoms with Gasteiger partial charge in [0.1, 0.15) is 12.4 Å². The molecule has 1 heterocycles. The Kier molecular flexibility index (Phi) is 5.43. The molecule has 8 nitrogen and oxygen atoms in total. The van der Waals surface area contributed by atoms with Gasteiger partial charge in [0.15, 0.2) is 0 Å². The molecule has 2 aromatic rings. The number of carboxylic acids is 1. The van der Waals surface area contributed by atoms with Crippen molar-refractivity contribution < 1.29 is 24.2 Å². The van der Waals surface area contributed by atoms with Crippen LogP contribution in [0, 0.1) is 23.7 Å². The summed E-state index contributed by atoms with van der Waals surface area (Å²) in [5.74, 6) is -1.21. The molecule has 2 aromatic carbocycles. The molecule has 34 heavy (non-hydrogen) atoms. The van der Waals surface area contributed by atoms with Gasteiger partial charge in [0, 0.05) is 31.4 Å². The van der Waals surface area contributed by atoms with Gasteiger partial charge in [-0.2, -0.15) is 10.1 Å². The molecule has 4 unspecified atom stereocenters. The minimum atomic E-state index is -0.983. The number of benzene rings is 2. The summed E-state index contributed by atoms with van der Waals surface area (Å²) in [5.41, 5.74) is 2.56. The van der Waals surface area contributed by atoms with E-state index in [1.165, 1.54) is 18.3 Å². The zero-order valence-corrected chi connectivity index (χ0v) is 18.9. The van der Waals surface area contributed by atoms with Gasteiger partial charge in [-0.3, -0.25) is 9.59 Å². The second-order valence-corrected chi connectivity index (χ2v) is 9.14. The standard InChI is InChI=1S/C26H25N3O5/c1-28(2)20-10-9-19(21(12-20)34-14-15-3-5-16(6-4-15)26(32)33)13-27-29-24(30)22-17-7-8-18(11-17)23(22)25(29)31/h3-10,12-13,17-18,22-23H,11,14H2,1-2H3,(H,32,33). The van der Waals surface area contributed by atoms with Gasteiger partial charge in [0.05, 0.1) is 23.6 Å². The third-order valence-electron chi connectivity index (χ3n) is 6.87. The summed E-state index contributed by atoms with van der Waals surface area (Å²) in [6.07, 6.45) is 6.48. The van der Waals surface area contributed by atoms with Crippen molar-refractivity contribution in [1.82, 2.24) is 5.01 Å². The summed E-state index contributed by atoms with van der Waals surface area (Å²) in [5, 5.41) is 14.4. The SMILES string of the molecule is CN(C)c1ccc(C=NN2C(=O)C3C4C=CC(C4)C3C2=O)c(OCc2ccc(C(=O)O)cc2)c1. The van der Waals surface area contributed by atoms with Crippen LogP contribution in [-0.2, 0) is 16.2 Å². The molecule has 0 radical (unpaired) electrons. The number of fused-ring (bicyclic) bond motifs is 5. The lowest BCUT2D eigenvalue weighted by atomic mass is 9.85. The monoisotopic (exact) mass is 459 g/mol. The van der Waals surface area contributed by atoms with E-state index in [9.17, 15) is 14.4 Å². The van der Waals surface area contributed by atoms with Crippen molar-refractivity contribution in [3.05, 3.63) is 71.3 Å². The Morgan fingerprint density at radius 1 is 1.09 bits per heavy atom. The summed E-state index contributed by atoms with van der Waals surface area (Å²) < 4.78 is 6.04. The van der Waals surface area contributed by atoms with Gasteiger partial charge in [-0.05, 0) is 48.1 Å². The van der Waals surface area contributed by atoms with E-state index in [0.717, 1.165) is 22.7 Å². The van der Waals surface area contributed by atoms with Crippen molar-refractivity contribution in [1.29, 1.82) is 0 Å². The number of nitrogens with zero attached hydrogens (tertiary/aromatic N) is 3. The first kappa shape index (κ1) is 21.9. The number of anilines is 1. The first-order valence-corrected chi connectivity index (χ1v) is 11.2. The van der Waals surface area contributed by atoms with Crippen molar-refractivity contribution in [2.45, 2.75) is 13.0 Å². The fraction of sp³-hybridized carbons (Fsp3) is 0.308. The number of rotatable bonds is 7. The number of hydrogen-bond acceptors (Lipinski definition) is 6. The second kappa shape index (κ2) is 8.44. The zero-order valence-electron chi connectivity index (χ0n) is 18.9. The van der Waals surface area contributed by atoms with Gasteiger partial charge in [-0.25, -0.2) is 4.79 Å². The number of hydrogen-bond donors (Lipinski definition) is 1. The fourth-order valence-corrected chi connectivity index (χ4v) is 5.06. The van der Waals surface area contributed by atoms with Gasteiger partial charge in [-0.1, -0.05) is 24.3 Å². The maximum Gasteiger partial charge on any atom is 0.335 e. The van der Waals surface area contributed by atoms with Crippen LogP contribution in [0.3, 0.4) is 0 Å². The summed E-state index contributed by atoms with van der Waals surface area (Å²) in [4.78, 5) is 38.8. The molecule has 5 rings (SSSR count). The number of hydrazone groups is 1. The van der Waals surface area contributed by atoms with E-state index in [1.807, 2.05) is 37.2 Å². The molecular formula is C26H25N3O5. The zero-order chi connectivity index (χ0) is 24.0. The Hall–Kier alpha value is -3.94. The third-order valence-corrected chi connectivity index (χ3v) is 6.87. The largest absolute Gasteiger partial charge is 0.488 e. The Bertz CT molecular complexity index is 1190. The van der Waals surface area contributed by atoms with E-state index >= 15 is 0 Å². The van der Waals surface area contributed by atoms with Gasteiger partial charge < -0.3 is 14.7 Å². The molecule has 8 heteroatoms. The first-order chi connectivity index (χ1) is 16.3. The molecule has 2 aliphatic carbocycles. The smallest absolute Gasteiger partial charge is 0.335 e. The van der Waals surface area contributed by atoms with Crippen molar-refractivity contribution >= 4 is 29.7 Å². The average molecular weight is 460 g/mol. The number of amides is 2. The van der Waals surface area contributed by atoms with E-state index in [2.05, 4.69) is 17.3 Å². The van der Waals surface area contributed by atoms with Crippen LogP contribution in [0.4, 0.5) is 5.69 Å². The molecule has 2 amide bonds. The maximum atomic E-state index is 12.9. The minimum Gasteiger partial charge on any atom is -0.488 e. The molecule has 3 aliphatic rings. The van der Waals surface area contributed by atoms with E-state index in [1.54, 1.807) is 12.1 Å². The lowest BCUT2D eigenvalue weighted by Crippen LogP contribution is -2.28. The molecule has 174 valence electrons. The van der Waals surface area contributed by atoms with Crippen LogP contribution in [0.15, 0.2) is 59.7 Å². The highest BCUT2D eigenvalue weighted by Crippen LogP contribution is 2.52. The van der Waals surface area contributed by atoms with E-state index in [0.29, 0.717) is 11.3 Å². The Balaban J connectivity index is 1.36. The lowest BCUT2D eigenvalue weighted by Gasteiger charge is -2.16. The number of allylic oxidation sites excluding steroid dienone is 2. The van der Waals surface area contributed by atoms with Crippen LogP contribution in [0.1, 0.15) is 27.9 Å². The van der Waals surface area contributed by atoms with Crippen molar-refractivity contribution in [2.24, 2.45) is 28.8 Å². The average Bonchev–Trinajstić information content (AvgIpc) is 3.51. The molecular weight excluding hydrogens is 434 g/mol. The summed E-state index contributed by atoms with van der Waals surface area (Å²) in [7, 11) is 3.83. The maximum absolute atomic E-state index is 12.9. The van der Waals surface area contributed by atoms with Gasteiger partial charge in [0.2, 0.25) is 0 Å². The summed E-state index contributed by atoms with van der Waals surface area (Å²) in [6, 6.07) is 12.1. The van der Waals surface area contributed by atoms with Crippen LogP contribution in [0.2, 0.25) is 0 Å². The molecule has 0 aromatic heterocycles. The highest BCUT2D eigenvalue weighted by molar-refractivity contribution is 6.07. The van der Waals surface area contributed by atoms with Crippen molar-refractivity contribution in [2.75, 3.05) is 19.0 Å². The summed E-state index contributed by atoms with van der Waals surface area (Å²) >= 11 is 0. The van der Waals surface area contributed by atoms with E-state index in [4.69, 9.17) is 9.84 Å². The van der Waals surface area contributed by atoms with Crippen LogP contribution in [-0.4, -0.2) is 48.2 Å². The first-order valence-electron chi connectivity index (χ1n) is 11.2. The quantitative estimate of drug-likeness (QED) is 0.388. The summed E-state index contributed by atoms with van der Waals surface area (Å²) in [6.45, 7) is 0.221. The molecule has 1 saturated heterocycles. The van der Waals surface area contributed by atoms with Gasteiger partial charge >= 0.3 is 5.97 Å². The number of ether oxygens (including phenoxy) is 1. The number of imide groups is 1. The van der Waals surface area contributed by atoms with Crippen molar-refractivity contribution in [3.8, 4) is 5.75 Å². The molecule has 2 fully saturated rings. The van der Waals surface area contributed by atoms with Gasteiger partial charge in [-0.15, -0.1) is 0 Å². The molecule has 2 bridgehead atoms. The highest BCUT2D eigenvalue weighted by Gasteiger charge is 2.59. The normalized spacial score (nSPS) is 24.8. The molecule has 0 spiro atoms. The van der Waals surface area contributed by atoms with E-state index in [-0.39, 0.29) is 47.7 Å². The molecule has 1 saturated carbocycles. The topological polar surface area (TPSA) is 99.5 Å². The molecule has 4 atom stereocenters. The second-order valence-electron chi connectivity index (χ2n) is 9.14. The third kappa shape index (κ3) is 3.75. The highest BCUT2D eigenvalue weighted by atomic mass is 16.5. The number of carbonyl (C=O) groups is 3. The van der Waals surface area contributed by atoms with Crippen LogP contribution in [0.5, 0.6) is 5.75 Å². The minimum absolute atomic E-state index is 0.137. The predicted molar refractivity (Wildman–Crippen MR) is 126 cm³/mol. The lowest BCUT2D eigenvalue weighted by molar-refractivity contribution is -0.140. The van der Waals surface area contributed by atoms with Crippen LogP contribution < -0.4 is 9.64 Å². The van der Waals surface area contributed by atoms with Crippen LogP contribution >= 0.6 is 0 Å². The van der Waals surface area contributed by atoms with E-state index < -0.39 is 5.97 Å². The number of aromatic carboxylic acids is 1.